The van der Waals surface area contributed by atoms with Crippen LogP contribution in [0.4, 0.5) is 5.69 Å². The lowest BCUT2D eigenvalue weighted by Gasteiger charge is -2.33. The quantitative estimate of drug-likeness (QED) is 0.290. The van der Waals surface area contributed by atoms with Crippen LogP contribution in [-0.2, 0) is 26.2 Å². The van der Waals surface area contributed by atoms with Crippen LogP contribution in [0.2, 0.25) is 0 Å². The summed E-state index contributed by atoms with van der Waals surface area (Å²) in [4.78, 5) is 28.8. The highest BCUT2D eigenvalue weighted by atomic mass is 79.9. The van der Waals surface area contributed by atoms with Crippen molar-refractivity contribution in [2.45, 2.75) is 64.6 Å². The molecule has 1 N–H and O–H groups in total. The van der Waals surface area contributed by atoms with Crippen molar-refractivity contribution in [2.75, 3.05) is 17.5 Å². The Morgan fingerprint density at radius 2 is 1.59 bits per heavy atom. The minimum Gasteiger partial charge on any atom is -0.492 e. The van der Waals surface area contributed by atoms with Gasteiger partial charge in [0.2, 0.25) is 11.8 Å². The van der Waals surface area contributed by atoms with E-state index in [0.29, 0.717) is 12.4 Å². The average molecular weight is 645 g/mol. The van der Waals surface area contributed by atoms with Crippen molar-refractivity contribution in [2.24, 2.45) is 0 Å². The Labute approximate surface area is 251 Å². The van der Waals surface area contributed by atoms with Gasteiger partial charge in [0.05, 0.1) is 17.2 Å². The Balaban J connectivity index is 2.08. The van der Waals surface area contributed by atoms with Crippen LogP contribution in [0.5, 0.6) is 5.75 Å². The monoisotopic (exact) mass is 643 g/mol. The normalized spacial score (nSPS) is 12.4. The number of amides is 2. The topological polar surface area (TPSA) is 96.0 Å². The molecular formula is C31H38BrN3O5S. The molecule has 3 aromatic carbocycles. The second-order valence-corrected chi connectivity index (χ2v) is 13.6. The Morgan fingerprint density at radius 1 is 0.976 bits per heavy atom. The number of carbonyl (C=O) groups is 2. The third-order valence-electron chi connectivity index (χ3n) is 6.25. The molecule has 0 fully saturated rings. The molecule has 0 aliphatic rings. The van der Waals surface area contributed by atoms with Crippen molar-refractivity contribution >= 4 is 43.5 Å². The first kappa shape index (κ1) is 32.1. The van der Waals surface area contributed by atoms with E-state index in [2.05, 4.69) is 21.2 Å². The third-order valence-corrected chi connectivity index (χ3v) is 8.56. The summed E-state index contributed by atoms with van der Waals surface area (Å²) in [6.07, 6.45) is 0. The largest absolute Gasteiger partial charge is 0.492 e. The van der Waals surface area contributed by atoms with Crippen LogP contribution in [0.15, 0.2) is 82.2 Å². The van der Waals surface area contributed by atoms with Crippen LogP contribution in [0, 0.1) is 6.92 Å². The van der Waals surface area contributed by atoms with Gasteiger partial charge in [-0.15, -0.1) is 0 Å². The summed E-state index contributed by atoms with van der Waals surface area (Å²) >= 11 is 3.42. The number of hydrogen-bond donors (Lipinski definition) is 1. The molecule has 0 heterocycles. The van der Waals surface area contributed by atoms with E-state index >= 15 is 0 Å². The lowest BCUT2D eigenvalue weighted by molar-refractivity contribution is -0.140. The summed E-state index contributed by atoms with van der Waals surface area (Å²) in [5.41, 5.74) is 1.41. The molecule has 10 heteroatoms. The molecule has 0 aromatic heterocycles. The summed E-state index contributed by atoms with van der Waals surface area (Å²) in [5, 5.41) is 2.93. The number of para-hydroxylation sites is 2. The van der Waals surface area contributed by atoms with Crippen LogP contribution in [0.3, 0.4) is 0 Å². The highest BCUT2D eigenvalue weighted by molar-refractivity contribution is 9.10. The second-order valence-electron chi connectivity index (χ2n) is 10.8. The minimum absolute atomic E-state index is 0.0418. The lowest BCUT2D eigenvalue weighted by Crippen LogP contribution is -2.54. The number of sulfonamides is 1. The molecule has 3 rings (SSSR count). The van der Waals surface area contributed by atoms with Gasteiger partial charge in [-0.1, -0.05) is 57.9 Å². The van der Waals surface area contributed by atoms with Gasteiger partial charge in [0, 0.05) is 16.6 Å². The summed E-state index contributed by atoms with van der Waals surface area (Å²) in [6, 6.07) is 19.7. The fourth-order valence-electron chi connectivity index (χ4n) is 4.13. The van der Waals surface area contributed by atoms with E-state index in [0.717, 1.165) is 19.9 Å². The number of benzene rings is 3. The first-order valence-electron chi connectivity index (χ1n) is 13.4. The van der Waals surface area contributed by atoms with Gasteiger partial charge >= 0.3 is 0 Å². The standard InChI is InChI=1S/C31H38BrN3O5S/c1-7-40-28-11-9-8-10-27(28)35(41(38,39)26-18-12-22(2)13-19-26)21-29(36)34(20-24-14-16-25(32)17-15-24)23(3)30(37)33-31(4,5)6/h8-19,23H,7,20-21H2,1-6H3,(H,33,37)/t23-/m1/s1. The molecule has 0 unspecified atom stereocenters. The van der Waals surface area contributed by atoms with Crippen LogP contribution < -0.4 is 14.4 Å². The molecular weight excluding hydrogens is 606 g/mol. The van der Waals surface area contributed by atoms with Crippen molar-refractivity contribution in [3.8, 4) is 5.75 Å². The first-order chi connectivity index (χ1) is 19.2. The SMILES string of the molecule is CCOc1ccccc1N(CC(=O)N(Cc1ccc(Br)cc1)[C@H](C)C(=O)NC(C)(C)C)S(=O)(=O)c1ccc(C)cc1. The van der Waals surface area contributed by atoms with Gasteiger partial charge in [-0.2, -0.15) is 0 Å². The van der Waals surface area contributed by atoms with Gasteiger partial charge in [0.25, 0.3) is 10.0 Å². The van der Waals surface area contributed by atoms with Crippen molar-refractivity contribution in [1.82, 2.24) is 10.2 Å². The second kappa shape index (κ2) is 13.5. The molecule has 220 valence electrons. The van der Waals surface area contributed by atoms with E-state index in [1.165, 1.54) is 17.0 Å². The van der Waals surface area contributed by atoms with Gasteiger partial charge in [0.15, 0.2) is 0 Å². The third kappa shape index (κ3) is 8.56. The Bertz CT molecular complexity index is 1450. The number of rotatable bonds is 11. The number of carbonyl (C=O) groups excluding carboxylic acids is 2. The van der Waals surface area contributed by atoms with Gasteiger partial charge < -0.3 is 15.0 Å². The molecule has 0 saturated heterocycles. The van der Waals surface area contributed by atoms with E-state index in [1.54, 1.807) is 50.2 Å². The maximum absolute atomic E-state index is 14.1. The van der Waals surface area contributed by atoms with Crippen molar-refractivity contribution in [3.63, 3.8) is 0 Å². The number of aryl methyl sites for hydroxylation is 1. The number of halogens is 1. The van der Waals surface area contributed by atoms with Gasteiger partial charge in [-0.3, -0.25) is 13.9 Å². The van der Waals surface area contributed by atoms with E-state index in [-0.39, 0.29) is 23.0 Å². The molecule has 0 saturated carbocycles. The molecule has 41 heavy (non-hydrogen) atoms. The summed E-state index contributed by atoms with van der Waals surface area (Å²) < 4.78 is 35.8. The van der Waals surface area contributed by atoms with E-state index in [1.807, 2.05) is 52.0 Å². The maximum atomic E-state index is 14.1. The van der Waals surface area contributed by atoms with Crippen molar-refractivity contribution in [1.29, 1.82) is 0 Å². The van der Waals surface area contributed by atoms with Crippen molar-refractivity contribution < 1.29 is 22.7 Å². The molecule has 0 aliphatic heterocycles. The molecule has 1 atom stereocenters. The minimum atomic E-state index is -4.19. The Morgan fingerprint density at radius 3 is 2.17 bits per heavy atom. The number of nitrogens with zero attached hydrogens (tertiary/aromatic N) is 2. The van der Waals surface area contributed by atoms with Gasteiger partial charge in [-0.25, -0.2) is 8.42 Å². The number of nitrogens with one attached hydrogen (secondary N) is 1. The predicted molar refractivity (Wildman–Crippen MR) is 165 cm³/mol. The fraction of sp³-hybridized carbons (Fsp3) is 0.355. The lowest BCUT2D eigenvalue weighted by atomic mass is 10.1. The van der Waals surface area contributed by atoms with E-state index < -0.39 is 34.1 Å². The summed E-state index contributed by atoms with van der Waals surface area (Å²) in [6.45, 7) is 10.8. The van der Waals surface area contributed by atoms with Crippen molar-refractivity contribution in [3.05, 3.63) is 88.4 Å². The smallest absolute Gasteiger partial charge is 0.264 e. The van der Waals surface area contributed by atoms with E-state index in [4.69, 9.17) is 4.74 Å². The Hall–Kier alpha value is -3.37. The van der Waals surface area contributed by atoms with Gasteiger partial charge in [-0.05, 0) is 83.5 Å². The number of anilines is 1. The molecule has 0 spiro atoms. The number of ether oxygens (including phenoxy) is 1. The Kier molecular flexibility index (Phi) is 10.6. The zero-order valence-corrected chi connectivity index (χ0v) is 26.8. The fourth-order valence-corrected chi connectivity index (χ4v) is 5.82. The molecule has 3 aromatic rings. The van der Waals surface area contributed by atoms with Crippen LogP contribution >= 0.6 is 15.9 Å². The summed E-state index contributed by atoms with van der Waals surface area (Å²) in [7, 11) is -4.19. The highest BCUT2D eigenvalue weighted by Crippen LogP contribution is 2.33. The molecule has 8 nitrogen and oxygen atoms in total. The highest BCUT2D eigenvalue weighted by Gasteiger charge is 2.34. The maximum Gasteiger partial charge on any atom is 0.264 e. The van der Waals surface area contributed by atoms with Crippen LogP contribution in [0.1, 0.15) is 45.7 Å². The molecule has 0 aliphatic carbocycles. The zero-order valence-electron chi connectivity index (χ0n) is 24.3. The van der Waals surface area contributed by atoms with Crippen LogP contribution in [-0.4, -0.2) is 49.9 Å². The van der Waals surface area contributed by atoms with E-state index in [9.17, 15) is 18.0 Å². The molecule has 0 bridgehead atoms. The number of hydrogen-bond acceptors (Lipinski definition) is 5. The molecule has 0 radical (unpaired) electrons. The average Bonchev–Trinajstić information content (AvgIpc) is 2.91. The first-order valence-corrected chi connectivity index (χ1v) is 15.6. The summed E-state index contributed by atoms with van der Waals surface area (Å²) in [5.74, 6) is -0.548. The van der Waals surface area contributed by atoms with Gasteiger partial charge in [0.1, 0.15) is 18.3 Å². The molecule has 2 amide bonds. The van der Waals surface area contributed by atoms with Crippen LogP contribution in [0.25, 0.3) is 0 Å². The zero-order chi connectivity index (χ0) is 30.4. The predicted octanol–water partition coefficient (Wildman–Crippen LogP) is 5.68.